The second kappa shape index (κ2) is 9.61. The molecule has 0 radical (unpaired) electrons. The normalized spacial score (nSPS) is 10.5. The highest BCUT2D eigenvalue weighted by Gasteiger charge is 2.12. The first-order chi connectivity index (χ1) is 14.5. The minimum Gasteiger partial charge on any atom is -0.478 e. The molecular weight excluding hydrogens is 378 g/mol. The SMILES string of the molecule is CCOc1ccc(Cc2nccc(-c3ccc(NC(=O)C(C)C)c(C#N)c3)n2)cn1. The molecule has 1 aromatic carbocycles. The maximum Gasteiger partial charge on any atom is 0.226 e. The van der Waals surface area contributed by atoms with Crippen LogP contribution in [0.25, 0.3) is 11.3 Å². The molecule has 7 heteroatoms. The van der Waals surface area contributed by atoms with Gasteiger partial charge in [0.25, 0.3) is 0 Å². The third kappa shape index (κ3) is 5.17. The maximum atomic E-state index is 12.0. The summed E-state index contributed by atoms with van der Waals surface area (Å²) in [4.78, 5) is 25.2. The minimum atomic E-state index is -0.169. The lowest BCUT2D eigenvalue weighted by Crippen LogP contribution is -2.18. The number of ether oxygens (including phenoxy) is 1. The summed E-state index contributed by atoms with van der Waals surface area (Å²) < 4.78 is 5.36. The molecule has 152 valence electrons. The van der Waals surface area contributed by atoms with Gasteiger partial charge in [-0.3, -0.25) is 4.79 Å². The van der Waals surface area contributed by atoms with E-state index in [-0.39, 0.29) is 11.8 Å². The van der Waals surface area contributed by atoms with E-state index in [2.05, 4.69) is 26.3 Å². The number of nitrogens with zero attached hydrogens (tertiary/aromatic N) is 4. The van der Waals surface area contributed by atoms with Crippen molar-refractivity contribution in [3.05, 3.63) is 65.7 Å². The predicted molar refractivity (Wildman–Crippen MR) is 114 cm³/mol. The van der Waals surface area contributed by atoms with E-state index >= 15 is 0 Å². The van der Waals surface area contributed by atoms with Crippen LogP contribution >= 0.6 is 0 Å². The number of aromatic nitrogens is 3. The number of benzene rings is 1. The standard InChI is InChI=1S/C23H23N5O2/c1-4-30-22-8-5-16(14-26-22)11-21-25-10-9-20(27-21)17-6-7-19(18(12-17)13-24)28-23(29)15(2)3/h5-10,12,14-15H,4,11H2,1-3H3,(H,28,29). The number of rotatable bonds is 7. The molecule has 0 bridgehead atoms. The van der Waals surface area contributed by atoms with Crippen molar-refractivity contribution in [3.63, 3.8) is 0 Å². The Morgan fingerprint density at radius 3 is 2.70 bits per heavy atom. The van der Waals surface area contributed by atoms with Crippen molar-refractivity contribution in [2.45, 2.75) is 27.2 Å². The first-order valence-corrected chi connectivity index (χ1v) is 9.75. The van der Waals surface area contributed by atoms with Crippen molar-refractivity contribution in [1.29, 1.82) is 5.26 Å². The monoisotopic (exact) mass is 401 g/mol. The molecule has 0 spiro atoms. The number of nitriles is 1. The lowest BCUT2D eigenvalue weighted by atomic mass is 10.1. The van der Waals surface area contributed by atoms with E-state index < -0.39 is 0 Å². The van der Waals surface area contributed by atoms with Crippen molar-refractivity contribution in [3.8, 4) is 23.2 Å². The summed E-state index contributed by atoms with van der Waals surface area (Å²) in [6.07, 6.45) is 3.97. The molecule has 0 unspecified atom stereocenters. The summed E-state index contributed by atoms with van der Waals surface area (Å²) in [5, 5.41) is 12.3. The van der Waals surface area contributed by atoms with Gasteiger partial charge in [0.05, 0.1) is 23.6 Å². The molecule has 1 amide bonds. The summed E-state index contributed by atoms with van der Waals surface area (Å²) in [5.74, 6) is 0.934. The fourth-order valence-corrected chi connectivity index (χ4v) is 2.76. The van der Waals surface area contributed by atoms with Gasteiger partial charge in [0, 0.05) is 36.4 Å². The molecule has 1 N–H and O–H groups in total. The van der Waals surface area contributed by atoms with Crippen molar-refractivity contribution in [2.24, 2.45) is 5.92 Å². The fraction of sp³-hybridized carbons (Fsp3) is 0.261. The van der Waals surface area contributed by atoms with Gasteiger partial charge in [-0.25, -0.2) is 15.0 Å². The maximum absolute atomic E-state index is 12.0. The lowest BCUT2D eigenvalue weighted by Gasteiger charge is -2.11. The molecule has 0 aliphatic rings. The van der Waals surface area contributed by atoms with Gasteiger partial charge in [0.1, 0.15) is 11.9 Å². The Kier molecular flexibility index (Phi) is 6.71. The molecule has 7 nitrogen and oxygen atoms in total. The summed E-state index contributed by atoms with van der Waals surface area (Å²) in [5.41, 5.74) is 3.34. The molecule has 30 heavy (non-hydrogen) atoms. The van der Waals surface area contributed by atoms with Crippen LogP contribution in [-0.2, 0) is 11.2 Å². The number of anilines is 1. The molecular formula is C23H23N5O2. The predicted octanol–water partition coefficient (Wildman–Crippen LogP) is 3.99. The Morgan fingerprint density at radius 1 is 1.20 bits per heavy atom. The zero-order valence-corrected chi connectivity index (χ0v) is 17.2. The van der Waals surface area contributed by atoms with Crippen LogP contribution in [0.5, 0.6) is 5.88 Å². The van der Waals surface area contributed by atoms with Crippen LogP contribution < -0.4 is 10.1 Å². The zero-order chi connectivity index (χ0) is 21.5. The van der Waals surface area contributed by atoms with E-state index in [1.54, 1.807) is 44.4 Å². The number of amides is 1. The number of carbonyl (C=O) groups excluding carboxylic acids is 1. The Hall–Kier alpha value is -3.79. The van der Waals surface area contributed by atoms with Crippen LogP contribution in [0.4, 0.5) is 5.69 Å². The molecule has 0 atom stereocenters. The number of nitrogens with one attached hydrogen (secondary N) is 1. The third-order valence-corrected chi connectivity index (χ3v) is 4.38. The first-order valence-electron chi connectivity index (χ1n) is 9.75. The van der Waals surface area contributed by atoms with E-state index in [4.69, 9.17) is 4.74 Å². The number of pyridine rings is 1. The van der Waals surface area contributed by atoms with Gasteiger partial charge in [-0.2, -0.15) is 5.26 Å². The molecule has 2 heterocycles. The molecule has 3 rings (SSSR count). The van der Waals surface area contributed by atoms with Gasteiger partial charge in [0.15, 0.2) is 0 Å². The van der Waals surface area contributed by atoms with E-state index in [9.17, 15) is 10.1 Å². The minimum absolute atomic E-state index is 0.132. The highest BCUT2D eigenvalue weighted by Crippen LogP contribution is 2.24. The Morgan fingerprint density at radius 2 is 2.03 bits per heavy atom. The third-order valence-electron chi connectivity index (χ3n) is 4.38. The van der Waals surface area contributed by atoms with Gasteiger partial charge in [0.2, 0.25) is 11.8 Å². The second-order valence-electron chi connectivity index (χ2n) is 6.99. The van der Waals surface area contributed by atoms with Crippen LogP contribution in [0.1, 0.15) is 37.7 Å². The number of hydrogen-bond donors (Lipinski definition) is 1. The van der Waals surface area contributed by atoms with Crippen molar-refractivity contribution >= 4 is 11.6 Å². The van der Waals surface area contributed by atoms with E-state index in [1.807, 2.05) is 25.1 Å². The Bertz CT molecular complexity index is 1070. The highest BCUT2D eigenvalue weighted by molar-refractivity contribution is 5.93. The van der Waals surface area contributed by atoms with Crippen LogP contribution in [0.15, 0.2) is 48.8 Å². The number of carbonyl (C=O) groups is 1. The van der Waals surface area contributed by atoms with E-state index in [0.717, 1.165) is 11.1 Å². The van der Waals surface area contributed by atoms with Gasteiger partial charge in [-0.15, -0.1) is 0 Å². The quantitative estimate of drug-likeness (QED) is 0.642. The van der Waals surface area contributed by atoms with Crippen molar-refractivity contribution < 1.29 is 9.53 Å². The van der Waals surface area contributed by atoms with Crippen LogP contribution in [-0.4, -0.2) is 27.5 Å². The summed E-state index contributed by atoms with van der Waals surface area (Å²) in [7, 11) is 0. The smallest absolute Gasteiger partial charge is 0.226 e. The molecule has 0 saturated carbocycles. The van der Waals surface area contributed by atoms with Crippen LogP contribution in [0, 0.1) is 17.2 Å². The van der Waals surface area contributed by atoms with Crippen LogP contribution in [0.2, 0.25) is 0 Å². The van der Waals surface area contributed by atoms with Gasteiger partial charge >= 0.3 is 0 Å². The highest BCUT2D eigenvalue weighted by atomic mass is 16.5. The van der Waals surface area contributed by atoms with E-state index in [1.165, 1.54) is 0 Å². The Labute approximate surface area is 175 Å². The first kappa shape index (κ1) is 20.9. The lowest BCUT2D eigenvalue weighted by molar-refractivity contribution is -0.118. The average Bonchev–Trinajstić information content (AvgIpc) is 2.75. The molecule has 0 aliphatic heterocycles. The van der Waals surface area contributed by atoms with Gasteiger partial charge in [-0.1, -0.05) is 26.0 Å². The summed E-state index contributed by atoms with van der Waals surface area (Å²) >= 11 is 0. The molecule has 3 aromatic rings. The Balaban J connectivity index is 1.81. The fourth-order valence-electron chi connectivity index (χ4n) is 2.76. The molecule has 2 aromatic heterocycles. The second-order valence-corrected chi connectivity index (χ2v) is 6.99. The summed E-state index contributed by atoms with van der Waals surface area (Å²) in [6.45, 7) is 6.09. The molecule has 0 saturated heterocycles. The topological polar surface area (TPSA) is 101 Å². The summed E-state index contributed by atoms with van der Waals surface area (Å²) in [6, 6.07) is 13.0. The average molecular weight is 401 g/mol. The van der Waals surface area contributed by atoms with E-state index in [0.29, 0.717) is 41.7 Å². The largest absolute Gasteiger partial charge is 0.478 e. The number of hydrogen-bond acceptors (Lipinski definition) is 6. The van der Waals surface area contributed by atoms with Crippen molar-refractivity contribution in [2.75, 3.05) is 11.9 Å². The zero-order valence-electron chi connectivity index (χ0n) is 17.2. The molecule has 0 fully saturated rings. The van der Waals surface area contributed by atoms with Crippen LogP contribution in [0.3, 0.4) is 0 Å². The van der Waals surface area contributed by atoms with Gasteiger partial charge in [-0.05, 0) is 30.7 Å². The van der Waals surface area contributed by atoms with Crippen molar-refractivity contribution in [1.82, 2.24) is 15.0 Å². The van der Waals surface area contributed by atoms with Gasteiger partial charge < -0.3 is 10.1 Å². The molecule has 0 aliphatic carbocycles.